The van der Waals surface area contributed by atoms with E-state index in [4.69, 9.17) is 0 Å². The van der Waals surface area contributed by atoms with Crippen molar-refractivity contribution in [3.8, 4) is 0 Å². The molecule has 1 aromatic carbocycles. The first kappa shape index (κ1) is 14.5. The fourth-order valence-electron chi connectivity index (χ4n) is 4.09. The second-order valence-electron chi connectivity index (χ2n) is 6.75. The number of hydrogen-bond acceptors (Lipinski definition) is 2. The molecule has 1 N–H and O–H groups in total. The first-order chi connectivity index (χ1) is 11.3. The Morgan fingerprint density at radius 2 is 2.04 bits per heavy atom. The van der Waals surface area contributed by atoms with Crippen LogP contribution in [0.5, 0.6) is 0 Å². The van der Waals surface area contributed by atoms with Gasteiger partial charge in [-0.3, -0.25) is 9.89 Å². The highest BCUT2D eigenvalue weighted by Crippen LogP contribution is 2.35. The minimum Gasteiger partial charge on any atom is -0.330 e. The van der Waals surface area contributed by atoms with Crippen molar-refractivity contribution in [1.29, 1.82) is 0 Å². The smallest absolute Gasteiger partial charge is 0.275 e. The highest BCUT2D eigenvalue weighted by Gasteiger charge is 2.34. The zero-order chi connectivity index (χ0) is 15.8. The number of aryl methyl sites for hydroxylation is 2. The van der Waals surface area contributed by atoms with Crippen LogP contribution < -0.4 is 0 Å². The Morgan fingerprint density at radius 1 is 1.22 bits per heavy atom. The first-order valence-corrected chi connectivity index (χ1v) is 8.68. The van der Waals surface area contributed by atoms with Gasteiger partial charge in [0.1, 0.15) is 0 Å². The van der Waals surface area contributed by atoms with Gasteiger partial charge in [-0.25, -0.2) is 0 Å². The molecule has 1 fully saturated rings. The molecule has 1 atom stereocenters. The predicted molar refractivity (Wildman–Crippen MR) is 89.4 cm³/mol. The third-order valence-corrected chi connectivity index (χ3v) is 5.32. The van der Waals surface area contributed by atoms with E-state index in [1.807, 2.05) is 4.90 Å². The van der Waals surface area contributed by atoms with Gasteiger partial charge in [0.2, 0.25) is 0 Å². The number of benzene rings is 1. The number of fused-ring (bicyclic) bond motifs is 1. The molecule has 2 heterocycles. The molecule has 2 aromatic rings. The molecular formula is C19H23N3O. The lowest BCUT2D eigenvalue weighted by atomic mass is 9.95. The van der Waals surface area contributed by atoms with E-state index in [1.54, 1.807) is 0 Å². The molecule has 4 nitrogen and oxygen atoms in total. The van der Waals surface area contributed by atoms with Gasteiger partial charge < -0.3 is 4.90 Å². The number of carbonyl (C=O) groups is 1. The number of amides is 1. The van der Waals surface area contributed by atoms with E-state index < -0.39 is 0 Å². The molecular weight excluding hydrogens is 286 g/mol. The van der Waals surface area contributed by atoms with Gasteiger partial charge in [0.15, 0.2) is 5.69 Å². The van der Waals surface area contributed by atoms with Crippen LogP contribution in [0.4, 0.5) is 0 Å². The molecule has 0 bridgehead atoms. The fraction of sp³-hybridized carbons (Fsp3) is 0.474. The van der Waals surface area contributed by atoms with E-state index in [9.17, 15) is 4.79 Å². The minimum absolute atomic E-state index is 0.107. The van der Waals surface area contributed by atoms with Gasteiger partial charge >= 0.3 is 0 Å². The minimum atomic E-state index is 0.107. The molecule has 120 valence electrons. The van der Waals surface area contributed by atoms with Crippen molar-refractivity contribution in [2.24, 2.45) is 0 Å². The number of nitrogens with zero attached hydrogens (tertiary/aromatic N) is 2. The van der Waals surface area contributed by atoms with Crippen LogP contribution in [0, 0.1) is 6.92 Å². The summed E-state index contributed by atoms with van der Waals surface area (Å²) >= 11 is 0. The number of likely N-dealkylation sites (tertiary alicyclic amines) is 1. The second kappa shape index (κ2) is 5.84. The Bertz CT molecular complexity index is 734. The van der Waals surface area contributed by atoms with Crippen LogP contribution in [0.25, 0.3) is 0 Å². The van der Waals surface area contributed by atoms with Gasteiger partial charge in [-0.05, 0) is 56.6 Å². The van der Waals surface area contributed by atoms with Gasteiger partial charge in [0, 0.05) is 17.8 Å². The number of nitrogens with one attached hydrogen (secondary N) is 1. The number of rotatable bonds is 2. The maximum absolute atomic E-state index is 13.1. The number of aromatic amines is 1. The second-order valence-corrected chi connectivity index (χ2v) is 6.75. The van der Waals surface area contributed by atoms with E-state index in [0.717, 1.165) is 44.2 Å². The molecule has 1 aromatic heterocycles. The summed E-state index contributed by atoms with van der Waals surface area (Å²) in [6.45, 7) is 2.96. The van der Waals surface area contributed by atoms with Crippen molar-refractivity contribution in [1.82, 2.24) is 15.1 Å². The van der Waals surface area contributed by atoms with Crippen LogP contribution in [0.2, 0.25) is 0 Å². The molecule has 2 aliphatic rings. The average molecular weight is 309 g/mol. The average Bonchev–Trinajstić information content (AvgIpc) is 3.22. The lowest BCUT2D eigenvalue weighted by molar-refractivity contribution is 0.0728. The quantitative estimate of drug-likeness (QED) is 0.922. The van der Waals surface area contributed by atoms with Crippen LogP contribution >= 0.6 is 0 Å². The summed E-state index contributed by atoms with van der Waals surface area (Å²) in [5.74, 6) is 0.107. The Balaban J connectivity index is 1.65. The fourth-order valence-corrected chi connectivity index (χ4v) is 4.09. The largest absolute Gasteiger partial charge is 0.330 e. The number of carbonyl (C=O) groups excluding carboxylic acids is 1. The molecule has 1 saturated heterocycles. The standard InChI is InChI=1S/C19H23N3O/c1-13-7-2-3-8-14(13)17-11-6-12-22(17)19(23)18-15-9-4-5-10-16(15)20-21-18/h2-3,7-8,17H,4-6,9-12H2,1H3,(H,20,21)/t17-/m0/s1. The Morgan fingerprint density at radius 3 is 2.91 bits per heavy atom. The van der Waals surface area contributed by atoms with Crippen LogP contribution in [0.15, 0.2) is 24.3 Å². The normalized spacial score (nSPS) is 20.6. The number of aromatic nitrogens is 2. The molecule has 23 heavy (non-hydrogen) atoms. The number of H-pyrrole nitrogens is 1. The van der Waals surface area contributed by atoms with Crippen molar-refractivity contribution in [2.75, 3.05) is 6.54 Å². The van der Waals surface area contributed by atoms with Crippen molar-refractivity contribution >= 4 is 5.91 Å². The van der Waals surface area contributed by atoms with Gasteiger partial charge in [0.25, 0.3) is 5.91 Å². The molecule has 0 spiro atoms. The van der Waals surface area contributed by atoms with Gasteiger partial charge in [-0.15, -0.1) is 0 Å². The zero-order valence-corrected chi connectivity index (χ0v) is 13.6. The molecule has 1 aliphatic heterocycles. The van der Waals surface area contributed by atoms with Crippen molar-refractivity contribution < 1.29 is 4.79 Å². The summed E-state index contributed by atoms with van der Waals surface area (Å²) in [5.41, 5.74) is 5.55. The summed E-state index contributed by atoms with van der Waals surface area (Å²) < 4.78 is 0. The molecule has 0 unspecified atom stereocenters. The van der Waals surface area contributed by atoms with E-state index in [1.165, 1.54) is 23.2 Å². The monoisotopic (exact) mass is 309 g/mol. The number of hydrogen-bond donors (Lipinski definition) is 1. The summed E-state index contributed by atoms with van der Waals surface area (Å²) in [5, 5.41) is 7.48. The summed E-state index contributed by atoms with van der Waals surface area (Å²) in [6.07, 6.45) is 6.47. The van der Waals surface area contributed by atoms with Crippen LogP contribution in [-0.2, 0) is 12.8 Å². The third kappa shape index (κ3) is 2.46. The van der Waals surface area contributed by atoms with Gasteiger partial charge in [-0.2, -0.15) is 5.10 Å². The summed E-state index contributed by atoms with van der Waals surface area (Å²) in [7, 11) is 0. The predicted octanol–water partition coefficient (Wildman–Crippen LogP) is 3.57. The topological polar surface area (TPSA) is 49.0 Å². The van der Waals surface area contributed by atoms with Crippen LogP contribution in [-0.4, -0.2) is 27.5 Å². The van der Waals surface area contributed by atoms with Crippen molar-refractivity contribution in [3.05, 3.63) is 52.3 Å². The molecule has 0 saturated carbocycles. The van der Waals surface area contributed by atoms with Crippen LogP contribution in [0.3, 0.4) is 0 Å². The summed E-state index contributed by atoms with van der Waals surface area (Å²) in [4.78, 5) is 15.2. The highest BCUT2D eigenvalue weighted by molar-refractivity contribution is 5.94. The maximum atomic E-state index is 13.1. The van der Waals surface area contributed by atoms with E-state index in [0.29, 0.717) is 5.69 Å². The van der Waals surface area contributed by atoms with Gasteiger partial charge in [-0.1, -0.05) is 24.3 Å². The Hall–Kier alpha value is -2.10. The third-order valence-electron chi connectivity index (χ3n) is 5.32. The highest BCUT2D eigenvalue weighted by atomic mass is 16.2. The lowest BCUT2D eigenvalue weighted by Crippen LogP contribution is -2.32. The maximum Gasteiger partial charge on any atom is 0.275 e. The lowest BCUT2D eigenvalue weighted by Gasteiger charge is -2.26. The summed E-state index contributed by atoms with van der Waals surface area (Å²) in [6, 6.07) is 8.61. The van der Waals surface area contributed by atoms with Crippen molar-refractivity contribution in [3.63, 3.8) is 0 Å². The molecule has 0 radical (unpaired) electrons. The first-order valence-electron chi connectivity index (χ1n) is 8.68. The Kier molecular flexibility index (Phi) is 3.68. The van der Waals surface area contributed by atoms with Crippen molar-refractivity contribution in [2.45, 2.75) is 51.5 Å². The molecule has 4 rings (SSSR count). The van der Waals surface area contributed by atoms with E-state index in [2.05, 4.69) is 41.4 Å². The zero-order valence-electron chi connectivity index (χ0n) is 13.6. The SMILES string of the molecule is Cc1ccccc1[C@@H]1CCCN1C(=O)c1n[nH]c2c1CCCC2. The van der Waals surface area contributed by atoms with Gasteiger partial charge in [0.05, 0.1) is 6.04 Å². The van der Waals surface area contributed by atoms with Crippen LogP contribution in [0.1, 0.15) is 64.6 Å². The van der Waals surface area contributed by atoms with E-state index in [-0.39, 0.29) is 11.9 Å². The molecule has 1 aliphatic carbocycles. The molecule has 4 heteroatoms. The van der Waals surface area contributed by atoms with E-state index >= 15 is 0 Å². The molecule has 1 amide bonds. The Labute approximate surface area is 136 Å².